The highest BCUT2D eigenvalue weighted by molar-refractivity contribution is 7.20. The van der Waals surface area contributed by atoms with Gasteiger partial charge in [-0.1, -0.05) is 23.5 Å². The summed E-state index contributed by atoms with van der Waals surface area (Å²) >= 11 is 3.22. The number of nitrogens with zero attached hydrogens (tertiary/aromatic N) is 3. The van der Waals surface area contributed by atoms with E-state index in [9.17, 15) is 0 Å². The van der Waals surface area contributed by atoms with Crippen molar-refractivity contribution in [3.05, 3.63) is 52.9 Å². The molecule has 116 valence electrons. The highest BCUT2D eigenvalue weighted by Crippen LogP contribution is 2.26. The maximum atomic E-state index is 5.16. The molecular formula is C16H14N4OS2. The minimum Gasteiger partial charge on any atom is -0.497 e. The van der Waals surface area contributed by atoms with Crippen LogP contribution in [-0.4, -0.2) is 21.7 Å². The van der Waals surface area contributed by atoms with Gasteiger partial charge in [-0.15, -0.1) is 5.10 Å². The van der Waals surface area contributed by atoms with Gasteiger partial charge in [0.15, 0.2) is 0 Å². The van der Waals surface area contributed by atoms with Crippen LogP contribution in [-0.2, 0) is 6.54 Å². The lowest BCUT2D eigenvalue weighted by Crippen LogP contribution is -1.99. The minimum atomic E-state index is 0.720. The van der Waals surface area contributed by atoms with Crippen molar-refractivity contribution in [1.29, 1.82) is 0 Å². The zero-order valence-corrected chi connectivity index (χ0v) is 14.0. The molecule has 0 aliphatic rings. The van der Waals surface area contributed by atoms with Crippen LogP contribution in [0.1, 0.15) is 5.56 Å². The third kappa shape index (κ3) is 2.93. The Bertz CT molecular complexity index is 878. The molecule has 3 aromatic heterocycles. The molecule has 0 aliphatic heterocycles. The summed E-state index contributed by atoms with van der Waals surface area (Å²) in [7, 11) is 1.67. The summed E-state index contributed by atoms with van der Waals surface area (Å²) < 4.78 is 6.99. The number of nitrogens with one attached hydrogen (secondary N) is 1. The number of ether oxygens (including phenoxy) is 1. The summed E-state index contributed by atoms with van der Waals surface area (Å²) in [4.78, 5) is 5.51. The summed E-state index contributed by atoms with van der Waals surface area (Å²) in [6.07, 6.45) is 1.96. The summed E-state index contributed by atoms with van der Waals surface area (Å²) in [6, 6.07) is 10.1. The maximum Gasteiger partial charge on any atom is 0.214 e. The number of rotatable bonds is 5. The smallest absolute Gasteiger partial charge is 0.214 e. The molecule has 0 bridgehead atoms. The third-order valence-corrected chi connectivity index (χ3v) is 5.03. The molecule has 3 heterocycles. The first-order chi connectivity index (χ1) is 11.3. The van der Waals surface area contributed by atoms with Crippen LogP contribution in [0.3, 0.4) is 0 Å². The van der Waals surface area contributed by atoms with Gasteiger partial charge in [-0.3, -0.25) is 0 Å². The highest BCUT2D eigenvalue weighted by atomic mass is 32.1. The van der Waals surface area contributed by atoms with Gasteiger partial charge in [0.05, 0.1) is 19.0 Å². The molecule has 0 radical (unpaired) electrons. The third-order valence-electron chi connectivity index (χ3n) is 3.46. The van der Waals surface area contributed by atoms with Gasteiger partial charge >= 0.3 is 0 Å². The van der Waals surface area contributed by atoms with Gasteiger partial charge in [-0.25, -0.2) is 9.50 Å². The summed E-state index contributed by atoms with van der Waals surface area (Å²) in [6.45, 7) is 0.720. The number of anilines is 1. The molecule has 0 amide bonds. The SMILES string of the molecule is COc1ccc(CNc2nn3cc(-c4ccsc4)nc3s2)cc1. The average Bonchev–Trinajstić information content (AvgIpc) is 3.28. The largest absolute Gasteiger partial charge is 0.497 e. The molecule has 0 saturated carbocycles. The molecule has 0 atom stereocenters. The van der Waals surface area contributed by atoms with Crippen molar-refractivity contribution in [2.24, 2.45) is 0 Å². The van der Waals surface area contributed by atoms with Gasteiger partial charge in [0, 0.05) is 17.5 Å². The Kier molecular flexibility index (Phi) is 3.72. The fourth-order valence-electron chi connectivity index (χ4n) is 2.24. The Labute approximate surface area is 141 Å². The van der Waals surface area contributed by atoms with E-state index < -0.39 is 0 Å². The van der Waals surface area contributed by atoms with Crippen LogP contribution in [0.15, 0.2) is 47.3 Å². The van der Waals surface area contributed by atoms with Gasteiger partial charge in [-0.2, -0.15) is 11.3 Å². The van der Waals surface area contributed by atoms with Gasteiger partial charge in [0.25, 0.3) is 0 Å². The zero-order valence-electron chi connectivity index (χ0n) is 12.4. The Balaban J connectivity index is 1.47. The van der Waals surface area contributed by atoms with E-state index in [1.165, 1.54) is 5.56 Å². The molecule has 23 heavy (non-hydrogen) atoms. The van der Waals surface area contributed by atoms with E-state index in [4.69, 9.17) is 4.74 Å². The molecule has 1 N–H and O–H groups in total. The van der Waals surface area contributed by atoms with Crippen molar-refractivity contribution in [1.82, 2.24) is 14.6 Å². The summed E-state index contributed by atoms with van der Waals surface area (Å²) in [5, 5.41) is 12.9. The van der Waals surface area contributed by atoms with Gasteiger partial charge in [-0.05, 0) is 29.1 Å². The van der Waals surface area contributed by atoms with Crippen molar-refractivity contribution in [3.63, 3.8) is 0 Å². The number of benzene rings is 1. The van der Waals surface area contributed by atoms with Gasteiger partial charge in [0.1, 0.15) is 5.75 Å². The Hall–Kier alpha value is -2.38. The van der Waals surface area contributed by atoms with Crippen LogP contribution >= 0.6 is 22.7 Å². The molecule has 7 heteroatoms. The first-order valence-electron chi connectivity index (χ1n) is 7.07. The van der Waals surface area contributed by atoms with Crippen molar-refractivity contribution in [2.45, 2.75) is 6.54 Å². The highest BCUT2D eigenvalue weighted by Gasteiger charge is 2.09. The van der Waals surface area contributed by atoms with E-state index in [1.807, 2.05) is 35.0 Å². The molecule has 4 rings (SSSR count). The van der Waals surface area contributed by atoms with Crippen molar-refractivity contribution in [3.8, 4) is 17.0 Å². The van der Waals surface area contributed by atoms with Crippen molar-refractivity contribution >= 4 is 32.8 Å². The fourth-order valence-corrected chi connectivity index (χ4v) is 3.67. The topological polar surface area (TPSA) is 51.5 Å². The normalized spacial score (nSPS) is 11.0. The van der Waals surface area contributed by atoms with Crippen molar-refractivity contribution in [2.75, 3.05) is 12.4 Å². The lowest BCUT2D eigenvalue weighted by Gasteiger charge is -2.04. The Morgan fingerprint density at radius 3 is 2.78 bits per heavy atom. The molecule has 1 aromatic carbocycles. The van der Waals surface area contributed by atoms with Crippen LogP contribution in [0.4, 0.5) is 5.13 Å². The van der Waals surface area contributed by atoms with E-state index in [0.29, 0.717) is 0 Å². The number of hydrogen-bond acceptors (Lipinski definition) is 6. The predicted octanol–water partition coefficient (Wildman–Crippen LogP) is 4.14. The number of aromatic nitrogens is 3. The van der Waals surface area contributed by atoms with E-state index in [-0.39, 0.29) is 0 Å². The monoisotopic (exact) mass is 342 g/mol. The zero-order chi connectivity index (χ0) is 15.6. The molecule has 0 fully saturated rings. The van der Waals surface area contributed by atoms with E-state index in [1.54, 1.807) is 29.8 Å². The second-order valence-corrected chi connectivity index (χ2v) is 6.71. The average molecular weight is 342 g/mol. The predicted molar refractivity (Wildman–Crippen MR) is 94.5 cm³/mol. The van der Waals surface area contributed by atoms with E-state index in [0.717, 1.165) is 33.6 Å². The Morgan fingerprint density at radius 2 is 2.09 bits per heavy atom. The molecular weight excluding hydrogens is 328 g/mol. The first-order valence-corrected chi connectivity index (χ1v) is 8.83. The lowest BCUT2D eigenvalue weighted by atomic mass is 10.2. The Morgan fingerprint density at radius 1 is 1.22 bits per heavy atom. The van der Waals surface area contributed by atoms with Crippen LogP contribution in [0.25, 0.3) is 16.2 Å². The summed E-state index contributed by atoms with van der Waals surface area (Å²) in [5.41, 5.74) is 3.28. The molecule has 4 aromatic rings. The van der Waals surface area contributed by atoms with Crippen LogP contribution < -0.4 is 10.1 Å². The number of hydrogen-bond donors (Lipinski definition) is 1. The number of fused-ring (bicyclic) bond motifs is 1. The van der Waals surface area contributed by atoms with Gasteiger partial charge < -0.3 is 10.1 Å². The summed E-state index contributed by atoms with van der Waals surface area (Å²) in [5.74, 6) is 0.863. The standard InChI is InChI=1S/C16H14N4OS2/c1-21-13-4-2-11(3-5-13)8-17-15-19-20-9-14(18-16(20)23-15)12-6-7-22-10-12/h2-7,9-10H,8H2,1H3,(H,17,19). The van der Waals surface area contributed by atoms with E-state index in [2.05, 4.69) is 32.2 Å². The van der Waals surface area contributed by atoms with Crippen LogP contribution in [0, 0.1) is 0 Å². The quantitative estimate of drug-likeness (QED) is 0.592. The van der Waals surface area contributed by atoms with Crippen molar-refractivity contribution < 1.29 is 4.74 Å². The minimum absolute atomic E-state index is 0.720. The van der Waals surface area contributed by atoms with Crippen LogP contribution in [0.5, 0.6) is 5.75 Å². The first kappa shape index (κ1) is 14.2. The number of imidazole rings is 1. The van der Waals surface area contributed by atoms with Gasteiger partial charge in [0.2, 0.25) is 10.1 Å². The second kappa shape index (κ2) is 6.02. The molecule has 5 nitrogen and oxygen atoms in total. The molecule has 0 spiro atoms. The fraction of sp³-hybridized carbons (Fsp3) is 0.125. The lowest BCUT2D eigenvalue weighted by molar-refractivity contribution is 0.414. The maximum absolute atomic E-state index is 5.16. The molecule has 0 saturated heterocycles. The molecule has 0 aliphatic carbocycles. The van der Waals surface area contributed by atoms with E-state index >= 15 is 0 Å². The number of thiophene rings is 1. The molecule has 0 unspecified atom stereocenters. The second-order valence-electron chi connectivity index (χ2n) is 4.97. The number of methoxy groups -OCH3 is 1. The van der Waals surface area contributed by atoms with Crippen LogP contribution in [0.2, 0.25) is 0 Å².